The number of ether oxygens (including phenoxy) is 1. The van der Waals surface area contributed by atoms with Gasteiger partial charge in [0, 0.05) is 9.37 Å². The summed E-state index contributed by atoms with van der Waals surface area (Å²) in [6.45, 7) is 1.94. The SMILES string of the molecule is CSc1ccc(C2C(C(=O)OCc3ccccc3)=C(C)N=c3sc(=Cc4ccc(Br)cc4)c(=O)n32)cc1. The maximum absolute atomic E-state index is 13.7. The Bertz CT molecular complexity index is 1660. The first-order valence-electron chi connectivity index (χ1n) is 11.6. The lowest BCUT2D eigenvalue weighted by atomic mass is 9.96. The number of carbonyl (C=O) groups excluding carboxylic acids is 1. The highest BCUT2D eigenvalue weighted by Crippen LogP contribution is 2.32. The number of thioether (sulfide) groups is 1. The van der Waals surface area contributed by atoms with Crippen LogP contribution in [-0.2, 0) is 16.1 Å². The topological polar surface area (TPSA) is 60.7 Å². The summed E-state index contributed by atoms with van der Waals surface area (Å²) in [6.07, 6.45) is 3.87. The Morgan fingerprint density at radius 1 is 1.08 bits per heavy atom. The highest BCUT2D eigenvalue weighted by Gasteiger charge is 2.33. The number of thiazole rings is 1. The van der Waals surface area contributed by atoms with Gasteiger partial charge in [0.25, 0.3) is 5.56 Å². The van der Waals surface area contributed by atoms with E-state index in [2.05, 4.69) is 20.9 Å². The van der Waals surface area contributed by atoms with E-state index in [9.17, 15) is 9.59 Å². The normalized spacial score (nSPS) is 15.3. The second-order valence-electron chi connectivity index (χ2n) is 8.47. The Hall–Kier alpha value is -3.20. The third kappa shape index (κ3) is 5.42. The summed E-state index contributed by atoms with van der Waals surface area (Å²) < 4.78 is 8.86. The van der Waals surface area contributed by atoms with Gasteiger partial charge in [-0.25, -0.2) is 9.79 Å². The molecule has 0 spiro atoms. The number of carbonyl (C=O) groups is 1. The third-order valence-electron chi connectivity index (χ3n) is 6.05. The molecule has 5 nitrogen and oxygen atoms in total. The minimum atomic E-state index is -0.637. The molecule has 0 bridgehead atoms. The van der Waals surface area contributed by atoms with E-state index in [0.717, 1.165) is 26.1 Å². The first kappa shape index (κ1) is 25.4. The van der Waals surface area contributed by atoms with Gasteiger partial charge in [-0.2, -0.15) is 0 Å². The van der Waals surface area contributed by atoms with Gasteiger partial charge in [-0.3, -0.25) is 9.36 Å². The van der Waals surface area contributed by atoms with Gasteiger partial charge in [0.2, 0.25) is 0 Å². The zero-order chi connectivity index (χ0) is 25.9. The van der Waals surface area contributed by atoms with Gasteiger partial charge in [-0.05, 0) is 60.2 Å². The largest absolute Gasteiger partial charge is 0.457 e. The van der Waals surface area contributed by atoms with Crippen LogP contribution in [0, 0.1) is 0 Å². The van der Waals surface area contributed by atoms with E-state index >= 15 is 0 Å². The summed E-state index contributed by atoms with van der Waals surface area (Å²) in [5.74, 6) is -0.480. The molecule has 5 rings (SSSR count). The van der Waals surface area contributed by atoms with Gasteiger partial charge >= 0.3 is 5.97 Å². The van der Waals surface area contributed by atoms with Crippen molar-refractivity contribution in [2.24, 2.45) is 4.99 Å². The fourth-order valence-electron chi connectivity index (χ4n) is 4.20. The number of fused-ring (bicyclic) bond motifs is 1. The van der Waals surface area contributed by atoms with Crippen LogP contribution in [0.25, 0.3) is 6.08 Å². The van der Waals surface area contributed by atoms with Gasteiger partial charge in [0.1, 0.15) is 6.61 Å². The molecule has 0 aliphatic carbocycles. The van der Waals surface area contributed by atoms with Crippen molar-refractivity contribution >= 4 is 51.1 Å². The summed E-state index contributed by atoms with van der Waals surface area (Å²) >= 11 is 6.40. The van der Waals surface area contributed by atoms with Gasteiger partial charge in [-0.1, -0.05) is 81.9 Å². The van der Waals surface area contributed by atoms with Crippen LogP contribution >= 0.6 is 39.0 Å². The van der Waals surface area contributed by atoms with Crippen molar-refractivity contribution in [3.63, 3.8) is 0 Å². The van der Waals surface area contributed by atoms with E-state index in [1.165, 1.54) is 11.3 Å². The number of nitrogens with zero attached hydrogens (tertiary/aromatic N) is 2. The van der Waals surface area contributed by atoms with Crippen molar-refractivity contribution in [3.8, 4) is 0 Å². The summed E-state index contributed by atoms with van der Waals surface area (Å²) in [4.78, 5) is 33.5. The number of halogens is 1. The van der Waals surface area contributed by atoms with E-state index in [-0.39, 0.29) is 12.2 Å². The summed E-state index contributed by atoms with van der Waals surface area (Å²) in [6, 6.07) is 24.6. The molecule has 0 N–H and O–H groups in total. The van der Waals surface area contributed by atoms with Gasteiger partial charge < -0.3 is 4.74 Å². The second kappa shape index (κ2) is 11.0. The number of allylic oxidation sites excluding steroid dienone is 1. The summed E-state index contributed by atoms with van der Waals surface area (Å²) in [5.41, 5.74) is 3.36. The van der Waals surface area contributed by atoms with Crippen molar-refractivity contribution in [2.45, 2.75) is 24.5 Å². The fourth-order valence-corrected chi connectivity index (χ4v) is 5.91. The van der Waals surface area contributed by atoms with Crippen LogP contribution in [0.4, 0.5) is 0 Å². The molecule has 0 radical (unpaired) electrons. The van der Waals surface area contributed by atoms with Crippen LogP contribution in [0.5, 0.6) is 0 Å². The molecule has 1 atom stereocenters. The fraction of sp³-hybridized carbons (Fsp3) is 0.138. The predicted octanol–water partition coefficient (Wildman–Crippen LogP) is 5.46. The van der Waals surface area contributed by atoms with Crippen LogP contribution in [0.3, 0.4) is 0 Å². The summed E-state index contributed by atoms with van der Waals surface area (Å²) in [5, 5.41) is 0. The number of esters is 1. The first-order valence-corrected chi connectivity index (χ1v) is 14.4. The van der Waals surface area contributed by atoms with E-state index in [1.54, 1.807) is 23.3 Å². The highest BCUT2D eigenvalue weighted by molar-refractivity contribution is 9.10. The molecule has 4 aromatic rings. The highest BCUT2D eigenvalue weighted by atomic mass is 79.9. The Kier molecular flexibility index (Phi) is 7.60. The maximum atomic E-state index is 13.7. The molecule has 0 amide bonds. The molecule has 8 heteroatoms. The van der Waals surface area contributed by atoms with E-state index in [1.807, 2.05) is 91.2 Å². The maximum Gasteiger partial charge on any atom is 0.338 e. The van der Waals surface area contributed by atoms with Crippen molar-refractivity contribution in [3.05, 3.63) is 131 Å². The van der Waals surface area contributed by atoms with Crippen LogP contribution < -0.4 is 14.9 Å². The molecule has 1 aliphatic rings. The lowest BCUT2D eigenvalue weighted by Gasteiger charge is -2.25. The summed E-state index contributed by atoms with van der Waals surface area (Å²) in [7, 11) is 0. The Balaban J connectivity index is 1.61. The van der Waals surface area contributed by atoms with Crippen LogP contribution in [0.1, 0.15) is 29.7 Å². The zero-order valence-electron chi connectivity index (χ0n) is 20.2. The van der Waals surface area contributed by atoms with Crippen LogP contribution in [0.15, 0.2) is 109 Å². The first-order chi connectivity index (χ1) is 17.9. The molecule has 186 valence electrons. The molecule has 1 unspecified atom stereocenters. The van der Waals surface area contributed by atoms with E-state index in [0.29, 0.717) is 20.6 Å². The van der Waals surface area contributed by atoms with E-state index < -0.39 is 12.0 Å². The molecule has 37 heavy (non-hydrogen) atoms. The monoisotopic (exact) mass is 590 g/mol. The molecule has 3 aromatic carbocycles. The lowest BCUT2D eigenvalue weighted by molar-refractivity contribution is -0.140. The number of benzene rings is 3. The van der Waals surface area contributed by atoms with Gasteiger partial charge in [0.05, 0.1) is 21.8 Å². The van der Waals surface area contributed by atoms with Crippen molar-refractivity contribution in [1.29, 1.82) is 0 Å². The molecule has 0 saturated carbocycles. The van der Waals surface area contributed by atoms with Crippen molar-refractivity contribution in [1.82, 2.24) is 4.57 Å². The Morgan fingerprint density at radius 3 is 2.46 bits per heavy atom. The minimum Gasteiger partial charge on any atom is -0.457 e. The predicted molar refractivity (Wildman–Crippen MR) is 152 cm³/mol. The lowest BCUT2D eigenvalue weighted by Crippen LogP contribution is -2.39. The second-order valence-corrected chi connectivity index (χ2v) is 11.3. The third-order valence-corrected chi connectivity index (χ3v) is 8.31. The smallest absolute Gasteiger partial charge is 0.338 e. The van der Waals surface area contributed by atoms with Crippen LogP contribution in [-0.4, -0.2) is 16.8 Å². The quantitative estimate of drug-likeness (QED) is 0.221. The molecular formula is C29H23BrN2O3S2. The standard InChI is InChI=1S/C29H23BrN2O3S2/c1-18-25(28(34)35-17-20-6-4-3-5-7-20)26(21-10-14-23(36-2)15-11-21)32-27(33)24(37-29(32)31-18)16-19-8-12-22(30)13-9-19/h3-16,26H,17H2,1-2H3. The number of hydrogen-bond donors (Lipinski definition) is 0. The van der Waals surface area contributed by atoms with Gasteiger partial charge in [-0.15, -0.1) is 11.8 Å². The van der Waals surface area contributed by atoms with Gasteiger partial charge in [0.15, 0.2) is 4.80 Å². The Morgan fingerprint density at radius 2 is 1.78 bits per heavy atom. The molecule has 1 aliphatic heterocycles. The van der Waals surface area contributed by atoms with E-state index in [4.69, 9.17) is 4.74 Å². The van der Waals surface area contributed by atoms with Crippen LogP contribution in [0.2, 0.25) is 0 Å². The molecule has 1 aromatic heterocycles. The molecule has 2 heterocycles. The number of aromatic nitrogens is 1. The zero-order valence-corrected chi connectivity index (χ0v) is 23.4. The Labute approximate surface area is 231 Å². The minimum absolute atomic E-state index is 0.141. The average Bonchev–Trinajstić information content (AvgIpc) is 3.22. The molecule has 0 saturated heterocycles. The molecular weight excluding hydrogens is 568 g/mol. The van der Waals surface area contributed by atoms with Crippen molar-refractivity contribution in [2.75, 3.05) is 6.26 Å². The number of rotatable bonds is 6. The van der Waals surface area contributed by atoms with Crippen molar-refractivity contribution < 1.29 is 9.53 Å². The number of hydrogen-bond acceptors (Lipinski definition) is 6. The molecule has 0 fully saturated rings. The average molecular weight is 592 g/mol.